The van der Waals surface area contributed by atoms with E-state index in [0.717, 1.165) is 6.42 Å². The zero-order chi connectivity index (χ0) is 24.9. The minimum Gasteiger partial charge on any atom is -0.332 e. The number of hydrogen-bond acceptors (Lipinski definition) is 6. The summed E-state index contributed by atoms with van der Waals surface area (Å²) in [5, 5.41) is 5.62. The lowest BCUT2D eigenvalue weighted by atomic mass is 10.0. The van der Waals surface area contributed by atoms with E-state index in [9.17, 15) is 13.2 Å². The van der Waals surface area contributed by atoms with Crippen LogP contribution in [0.25, 0.3) is 0 Å². The Hall–Kier alpha value is -3.37. The van der Waals surface area contributed by atoms with E-state index in [2.05, 4.69) is 39.2 Å². The highest BCUT2D eigenvalue weighted by Gasteiger charge is 2.16. The molecule has 0 saturated carbocycles. The number of aromatic nitrogens is 2. The monoisotopic (exact) mass is 497 g/mol. The summed E-state index contributed by atoms with van der Waals surface area (Å²) in [7, 11) is -3.86. The van der Waals surface area contributed by atoms with Gasteiger partial charge in [0, 0.05) is 22.6 Å². The van der Waals surface area contributed by atoms with Crippen LogP contribution in [0.4, 0.5) is 11.6 Å². The topological polar surface area (TPSA) is 113 Å². The fraction of sp³-hybridized carbons (Fsp3) is 0.250. The average molecular weight is 498 g/mol. The molecular weight excluding hydrogens is 470 g/mol. The van der Waals surface area contributed by atoms with Crippen molar-refractivity contribution in [2.45, 2.75) is 39.0 Å². The molecule has 2 aromatic carbocycles. The van der Waals surface area contributed by atoms with Gasteiger partial charge in [0.2, 0.25) is 5.95 Å². The third-order valence-corrected chi connectivity index (χ3v) is 6.27. The van der Waals surface area contributed by atoms with Crippen LogP contribution in [0.2, 0.25) is 0 Å². The van der Waals surface area contributed by atoms with Crippen molar-refractivity contribution < 1.29 is 13.2 Å². The van der Waals surface area contributed by atoms with Crippen LogP contribution in [0.1, 0.15) is 41.2 Å². The van der Waals surface area contributed by atoms with Crippen LogP contribution in [0.5, 0.6) is 0 Å². The molecule has 0 aliphatic heterocycles. The van der Waals surface area contributed by atoms with E-state index in [1.54, 1.807) is 44.2 Å². The van der Waals surface area contributed by atoms with Crippen LogP contribution in [-0.2, 0) is 16.4 Å². The zero-order valence-electron chi connectivity index (χ0n) is 19.4. The number of thiocarbonyl (C=S) groups is 1. The number of carbonyl (C=O) groups excluding carboxylic acids is 1. The summed E-state index contributed by atoms with van der Waals surface area (Å²) in [6.45, 7) is 7.80. The molecule has 0 bridgehead atoms. The fourth-order valence-electron chi connectivity index (χ4n) is 3.27. The summed E-state index contributed by atoms with van der Waals surface area (Å²) in [6.07, 6.45) is 0.945. The molecule has 0 aliphatic carbocycles. The van der Waals surface area contributed by atoms with Crippen LogP contribution < -0.4 is 15.4 Å². The maximum Gasteiger partial charge on any atom is 0.264 e. The lowest BCUT2D eigenvalue weighted by Gasteiger charge is -2.11. The molecule has 3 rings (SSSR count). The van der Waals surface area contributed by atoms with Crippen molar-refractivity contribution in [2.24, 2.45) is 5.92 Å². The van der Waals surface area contributed by atoms with Gasteiger partial charge in [-0.05, 0) is 86.4 Å². The van der Waals surface area contributed by atoms with Gasteiger partial charge in [-0.1, -0.05) is 26.0 Å². The van der Waals surface area contributed by atoms with Gasteiger partial charge in [-0.15, -0.1) is 0 Å². The molecule has 0 radical (unpaired) electrons. The number of amides is 1. The Bertz CT molecular complexity index is 1270. The SMILES string of the molecule is Cc1cc(C)nc(NS(=O)(=O)c2ccc(NC(=S)NC(=O)c3ccc(CC(C)C)cc3)cc2)n1. The molecule has 3 N–H and O–H groups in total. The average Bonchev–Trinajstić information content (AvgIpc) is 2.73. The highest BCUT2D eigenvalue weighted by molar-refractivity contribution is 7.92. The number of nitrogens with zero attached hydrogens (tertiary/aromatic N) is 2. The number of aryl methyl sites for hydroxylation is 2. The predicted octanol–water partition coefficient (Wildman–Crippen LogP) is 4.22. The summed E-state index contributed by atoms with van der Waals surface area (Å²) in [6, 6.07) is 15.1. The molecule has 0 atom stereocenters. The summed E-state index contributed by atoms with van der Waals surface area (Å²) in [4.78, 5) is 20.7. The Morgan fingerprint density at radius 3 is 2.12 bits per heavy atom. The molecule has 0 aliphatic rings. The number of anilines is 2. The largest absolute Gasteiger partial charge is 0.332 e. The van der Waals surface area contributed by atoms with Gasteiger partial charge in [0.05, 0.1) is 4.90 Å². The van der Waals surface area contributed by atoms with Crippen LogP contribution >= 0.6 is 12.2 Å². The van der Waals surface area contributed by atoms with Gasteiger partial charge in [0.25, 0.3) is 15.9 Å². The van der Waals surface area contributed by atoms with Crippen LogP contribution in [0.15, 0.2) is 59.5 Å². The Morgan fingerprint density at radius 2 is 1.56 bits per heavy atom. The number of hydrogen-bond donors (Lipinski definition) is 3. The number of carbonyl (C=O) groups is 1. The lowest BCUT2D eigenvalue weighted by Crippen LogP contribution is -2.34. The van der Waals surface area contributed by atoms with Crippen molar-refractivity contribution in [1.29, 1.82) is 0 Å². The second-order valence-corrected chi connectivity index (χ2v) is 10.4. The van der Waals surface area contributed by atoms with E-state index >= 15 is 0 Å². The van der Waals surface area contributed by atoms with Gasteiger partial charge in [-0.25, -0.2) is 23.1 Å². The van der Waals surface area contributed by atoms with E-state index in [1.807, 2.05) is 12.1 Å². The van der Waals surface area contributed by atoms with E-state index < -0.39 is 10.0 Å². The first-order valence-electron chi connectivity index (χ1n) is 10.7. The maximum absolute atomic E-state index is 12.6. The number of nitrogens with one attached hydrogen (secondary N) is 3. The first-order chi connectivity index (χ1) is 16.0. The van der Waals surface area contributed by atoms with E-state index in [4.69, 9.17) is 12.2 Å². The minimum absolute atomic E-state index is 0.0147. The fourth-order valence-corrected chi connectivity index (χ4v) is 4.42. The molecular formula is C24H27N5O3S2. The second kappa shape index (κ2) is 10.7. The third-order valence-electron chi connectivity index (χ3n) is 4.72. The Kier molecular flexibility index (Phi) is 7.95. The molecule has 3 aromatic rings. The molecule has 8 nitrogen and oxygen atoms in total. The Balaban J connectivity index is 1.60. The molecule has 1 amide bonds. The first kappa shape index (κ1) is 25.3. The van der Waals surface area contributed by atoms with Gasteiger partial charge >= 0.3 is 0 Å². The van der Waals surface area contributed by atoms with Crippen molar-refractivity contribution in [2.75, 3.05) is 10.0 Å². The van der Waals surface area contributed by atoms with Gasteiger partial charge in [0.1, 0.15) is 0 Å². The molecule has 0 spiro atoms. The highest BCUT2D eigenvalue weighted by Crippen LogP contribution is 2.17. The van der Waals surface area contributed by atoms with Crippen LogP contribution in [0.3, 0.4) is 0 Å². The highest BCUT2D eigenvalue weighted by atomic mass is 32.2. The Labute approximate surface area is 205 Å². The van der Waals surface area contributed by atoms with Crippen molar-refractivity contribution in [1.82, 2.24) is 15.3 Å². The van der Waals surface area contributed by atoms with E-state index in [0.29, 0.717) is 28.6 Å². The number of rotatable bonds is 7. The molecule has 0 saturated heterocycles. The third kappa shape index (κ3) is 7.06. The van der Waals surface area contributed by atoms with Crippen LogP contribution in [0, 0.1) is 19.8 Å². The minimum atomic E-state index is -3.86. The Morgan fingerprint density at radius 1 is 0.971 bits per heavy atom. The summed E-state index contributed by atoms with van der Waals surface area (Å²) in [5.74, 6) is 0.222. The predicted molar refractivity (Wildman–Crippen MR) is 137 cm³/mol. The number of sulfonamides is 1. The van der Waals surface area contributed by atoms with E-state index in [1.165, 1.54) is 17.7 Å². The molecule has 10 heteroatoms. The van der Waals surface area contributed by atoms with Crippen molar-refractivity contribution in [3.8, 4) is 0 Å². The molecule has 0 fully saturated rings. The van der Waals surface area contributed by atoms with Crippen LogP contribution in [-0.4, -0.2) is 29.4 Å². The van der Waals surface area contributed by atoms with Crippen molar-refractivity contribution in [3.05, 3.63) is 77.1 Å². The van der Waals surface area contributed by atoms with Crippen molar-refractivity contribution in [3.63, 3.8) is 0 Å². The van der Waals surface area contributed by atoms with Gasteiger partial charge in [0.15, 0.2) is 5.11 Å². The molecule has 178 valence electrons. The van der Waals surface area contributed by atoms with Crippen molar-refractivity contribution >= 4 is 44.9 Å². The zero-order valence-corrected chi connectivity index (χ0v) is 21.0. The molecule has 1 aromatic heterocycles. The van der Waals surface area contributed by atoms with Gasteiger partial charge in [-0.3, -0.25) is 10.1 Å². The van der Waals surface area contributed by atoms with E-state index in [-0.39, 0.29) is 21.9 Å². The first-order valence-corrected chi connectivity index (χ1v) is 12.6. The molecule has 1 heterocycles. The second-order valence-electron chi connectivity index (χ2n) is 8.31. The maximum atomic E-state index is 12.6. The smallest absolute Gasteiger partial charge is 0.264 e. The lowest BCUT2D eigenvalue weighted by molar-refractivity contribution is 0.0977. The van der Waals surface area contributed by atoms with Gasteiger partial charge in [-0.2, -0.15) is 0 Å². The summed E-state index contributed by atoms with van der Waals surface area (Å²) >= 11 is 5.22. The standard InChI is InChI=1S/C24H27N5O3S2/c1-15(2)13-18-5-7-19(8-6-18)22(30)28-24(33)27-20-9-11-21(12-10-20)34(31,32)29-23-25-16(3)14-17(4)26-23/h5-12,14-15H,13H2,1-4H3,(H,25,26,29)(H2,27,28,30,33). The quantitative estimate of drug-likeness (QED) is 0.419. The van der Waals surface area contributed by atoms with Gasteiger partial charge < -0.3 is 5.32 Å². The number of benzene rings is 2. The summed E-state index contributed by atoms with van der Waals surface area (Å²) in [5.41, 5.74) is 3.51. The molecule has 34 heavy (non-hydrogen) atoms. The normalized spacial score (nSPS) is 11.2. The summed E-state index contributed by atoms with van der Waals surface area (Å²) < 4.78 is 27.7. The molecule has 0 unspecified atom stereocenters.